The number of thiocarbonyl (C=S) groups is 1. The molecule has 1 aliphatic heterocycles. The minimum absolute atomic E-state index is 0.0119. The predicted molar refractivity (Wildman–Crippen MR) is 118 cm³/mol. The summed E-state index contributed by atoms with van der Waals surface area (Å²) in [6.07, 6.45) is 3.80. The molecule has 0 radical (unpaired) electrons. The van der Waals surface area contributed by atoms with Crippen LogP contribution in [0, 0.1) is 0 Å². The maximum Gasteiger partial charge on any atom is 0.243 e. The summed E-state index contributed by atoms with van der Waals surface area (Å²) in [7, 11) is 0. The highest BCUT2D eigenvalue weighted by molar-refractivity contribution is 7.80. The number of amides is 4. The fourth-order valence-electron chi connectivity index (χ4n) is 3.00. The molecule has 170 valence electrons. The first-order valence-electron chi connectivity index (χ1n) is 10.4. The van der Waals surface area contributed by atoms with Crippen molar-refractivity contribution in [2.75, 3.05) is 26.2 Å². The van der Waals surface area contributed by atoms with Crippen molar-refractivity contribution in [1.29, 1.82) is 0 Å². The van der Waals surface area contributed by atoms with Gasteiger partial charge >= 0.3 is 0 Å². The number of hydrogen-bond acceptors (Lipinski definition) is 6. The maximum absolute atomic E-state index is 12.7. The average molecular weight is 443 g/mol. The molecule has 30 heavy (non-hydrogen) atoms. The Kier molecular flexibility index (Phi) is 12.6. The molecule has 0 aromatic carbocycles. The number of rotatable bonds is 6. The molecule has 1 rings (SSSR count). The highest BCUT2D eigenvalue weighted by Gasteiger charge is 2.25. The Bertz CT molecular complexity index is 616. The van der Waals surface area contributed by atoms with E-state index >= 15 is 0 Å². The summed E-state index contributed by atoms with van der Waals surface area (Å²) in [6, 6.07) is -1.59. The predicted octanol–water partition coefficient (Wildman–Crippen LogP) is -1.17. The van der Waals surface area contributed by atoms with Crippen LogP contribution < -0.4 is 32.3 Å². The lowest BCUT2D eigenvalue weighted by Gasteiger charge is -2.22. The molecule has 1 saturated heterocycles. The Labute approximate surface area is 182 Å². The molecule has 7 N–H and O–H groups in total. The summed E-state index contributed by atoms with van der Waals surface area (Å²) in [6.45, 7) is 3.32. The average Bonchev–Trinajstić information content (AvgIpc) is 2.67. The molecule has 0 unspecified atom stereocenters. The standard InChI is InChI=1S/C19H34N6O4S/c1-13(30)22-9-4-3-7-15-19(29)25-14(18(20)28)6-2-5-10-23-16(26)8-11-21-12-17(27)24-15/h14-15,21H,2-12H2,1H3,(H2,20,28)(H,22,30)(H,23,26)(H,24,27)(H,25,29)/t14-,15-/m0/s1. The molecule has 1 heterocycles. The second-order valence-electron chi connectivity index (χ2n) is 7.33. The summed E-state index contributed by atoms with van der Waals surface area (Å²) < 4.78 is 0. The number of nitrogens with two attached hydrogens (primary N) is 1. The van der Waals surface area contributed by atoms with Crippen LogP contribution in [-0.2, 0) is 19.2 Å². The first-order chi connectivity index (χ1) is 14.3. The Morgan fingerprint density at radius 2 is 1.90 bits per heavy atom. The van der Waals surface area contributed by atoms with Crippen molar-refractivity contribution in [1.82, 2.24) is 26.6 Å². The van der Waals surface area contributed by atoms with Crippen LogP contribution >= 0.6 is 12.2 Å². The molecule has 0 aromatic heterocycles. The molecular weight excluding hydrogens is 408 g/mol. The van der Waals surface area contributed by atoms with Gasteiger partial charge < -0.3 is 32.3 Å². The van der Waals surface area contributed by atoms with Crippen LogP contribution in [0.5, 0.6) is 0 Å². The number of hydrogen-bond donors (Lipinski definition) is 6. The first-order valence-corrected chi connectivity index (χ1v) is 10.8. The molecule has 2 atom stereocenters. The molecule has 0 saturated carbocycles. The molecule has 0 bridgehead atoms. The lowest BCUT2D eigenvalue weighted by molar-refractivity contribution is -0.131. The molecule has 4 amide bonds. The summed E-state index contributed by atoms with van der Waals surface area (Å²) in [5.41, 5.74) is 5.43. The van der Waals surface area contributed by atoms with E-state index in [4.69, 9.17) is 18.0 Å². The van der Waals surface area contributed by atoms with E-state index in [1.165, 1.54) is 0 Å². The van der Waals surface area contributed by atoms with Crippen molar-refractivity contribution < 1.29 is 19.2 Å². The lowest BCUT2D eigenvalue weighted by atomic mass is 10.1. The van der Waals surface area contributed by atoms with E-state index in [0.717, 1.165) is 6.42 Å². The molecule has 11 heteroatoms. The molecule has 0 aliphatic carbocycles. The molecular formula is C19H34N6O4S. The van der Waals surface area contributed by atoms with Crippen LogP contribution in [0.25, 0.3) is 0 Å². The number of primary amides is 1. The molecule has 1 aliphatic rings. The van der Waals surface area contributed by atoms with E-state index < -0.39 is 23.9 Å². The van der Waals surface area contributed by atoms with Gasteiger partial charge in [-0.25, -0.2) is 0 Å². The lowest BCUT2D eigenvalue weighted by Crippen LogP contribution is -2.54. The number of carbonyl (C=O) groups excluding carboxylic acids is 4. The van der Waals surface area contributed by atoms with Crippen LogP contribution in [0.15, 0.2) is 0 Å². The fourth-order valence-corrected chi connectivity index (χ4v) is 3.11. The van der Waals surface area contributed by atoms with E-state index in [1.54, 1.807) is 6.92 Å². The maximum atomic E-state index is 12.7. The third-order valence-corrected chi connectivity index (χ3v) is 4.81. The number of nitrogens with one attached hydrogen (secondary N) is 5. The van der Waals surface area contributed by atoms with Gasteiger partial charge in [-0.1, -0.05) is 12.2 Å². The fraction of sp³-hybridized carbons (Fsp3) is 0.737. The Morgan fingerprint density at radius 3 is 2.60 bits per heavy atom. The van der Waals surface area contributed by atoms with Gasteiger partial charge in [0.05, 0.1) is 11.5 Å². The monoisotopic (exact) mass is 442 g/mol. The zero-order chi connectivity index (χ0) is 22.4. The van der Waals surface area contributed by atoms with Gasteiger partial charge in [0.1, 0.15) is 12.1 Å². The van der Waals surface area contributed by atoms with E-state index in [1.807, 2.05) is 0 Å². The van der Waals surface area contributed by atoms with Gasteiger partial charge in [0.15, 0.2) is 0 Å². The summed E-state index contributed by atoms with van der Waals surface area (Å²) in [5.74, 6) is -1.51. The van der Waals surface area contributed by atoms with E-state index in [9.17, 15) is 19.2 Å². The zero-order valence-corrected chi connectivity index (χ0v) is 18.4. The van der Waals surface area contributed by atoms with Crippen molar-refractivity contribution in [3.05, 3.63) is 0 Å². The van der Waals surface area contributed by atoms with Gasteiger partial charge in [0.2, 0.25) is 23.6 Å². The summed E-state index contributed by atoms with van der Waals surface area (Å²) in [5, 5.41) is 14.1. The highest BCUT2D eigenvalue weighted by Crippen LogP contribution is 2.05. The van der Waals surface area contributed by atoms with E-state index in [0.29, 0.717) is 56.7 Å². The van der Waals surface area contributed by atoms with E-state index in [-0.39, 0.29) is 24.8 Å². The summed E-state index contributed by atoms with van der Waals surface area (Å²) in [4.78, 5) is 49.2. The minimum Gasteiger partial charge on any atom is -0.380 e. The summed E-state index contributed by atoms with van der Waals surface area (Å²) >= 11 is 4.96. The number of carbonyl (C=O) groups is 4. The van der Waals surface area contributed by atoms with Crippen molar-refractivity contribution >= 4 is 40.8 Å². The highest BCUT2D eigenvalue weighted by atomic mass is 32.1. The van der Waals surface area contributed by atoms with Crippen molar-refractivity contribution in [2.45, 2.75) is 64.0 Å². The zero-order valence-electron chi connectivity index (χ0n) is 17.6. The van der Waals surface area contributed by atoms with Gasteiger partial charge in [-0.05, 0) is 45.4 Å². The van der Waals surface area contributed by atoms with Crippen LogP contribution in [0.4, 0.5) is 0 Å². The van der Waals surface area contributed by atoms with Crippen LogP contribution in [0.1, 0.15) is 51.9 Å². The van der Waals surface area contributed by atoms with Gasteiger partial charge in [0, 0.05) is 26.1 Å². The SMILES string of the molecule is CC(=S)NCCCC[C@@H]1NC(=O)CNCCC(=O)NCCCC[C@@H](C(N)=O)NC1=O. The Balaban J connectivity index is 2.74. The van der Waals surface area contributed by atoms with Crippen LogP contribution in [0.3, 0.4) is 0 Å². The van der Waals surface area contributed by atoms with Crippen LogP contribution in [-0.4, -0.2) is 66.9 Å². The molecule has 10 nitrogen and oxygen atoms in total. The second-order valence-corrected chi connectivity index (χ2v) is 7.95. The number of unbranched alkanes of at least 4 members (excludes halogenated alkanes) is 1. The smallest absolute Gasteiger partial charge is 0.243 e. The normalized spacial score (nSPS) is 22.4. The Hall–Kier alpha value is -2.27. The van der Waals surface area contributed by atoms with Crippen molar-refractivity contribution in [3.8, 4) is 0 Å². The quantitative estimate of drug-likeness (QED) is 0.224. The van der Waals surface area contributed by atoms with Gasteiger partial charge in [-0.2, -0.15) is 0 Å². The third kappa shape index (κ3) is 11.7. The third-order valence-electron chi connectivity index (χ3n) is 4.66. The first kappa shape index (κ1) is 25.8. The van der Waals surface area contributed by atoms with Crippen LogP contribution in [0.2, 0.25) is 0 Å². The van der Waals surface area contributed by atoms with E-state index in [2.05, 4.69) is 26.6 Å². The van der Waals surface area contributed by atoms with Crippen molar-refractivity contribution in [3.63, 3.8) is 0 Å². The minimum atomic E-state index is -0.822. The van der Waals surface area contributed by atoms with Crippen molar-refractivity contribution in [2.24, 2.45) is 5.73 Å². The molecule has 0 aromatic rings. The molecule has 1 fully saturated rings. The second kappa shape index (κ2) is 14.7. The largest absolute Gasteiger partial charge is 0.380 e. The Morgan fingerprint density at radius 1 is 1.13 bits per heavy atom. The molecule has 0 spiro atoms. The van der Waals surface area contributed by atoms with Gasteiger partial charge in [-0.3, -0.25) is 19.2 Å². The van der Waals surface area contributed by atoms with Gasteiger partial charge in [-0.15, -0.1) is 0 Å². The van der Waals surface area contributed by atoms with Gasteiger partial charge in [0.25, 0.3) is 0 Å². The topological polar surface area (TPSA) is 154 Å².